The number of carbonyl (C=O) groups is 2. The van der Waals surface area contributed by atoms with E-state index in [1.807, 2.05) is 12.1 Å². The average Bonchev–Trinajstić information content (AvgIpc) is 3.06. The van der Waals surface area contributed by atoms with Gasteiger partial charge >= 0.3 is 0 Å². The van der Waals surface area contributed by atoms with Crippen molar-refractivity contribution in [2.24, 2.45) is 0 Å². The summed E-state index contributed by atoms with van der Waals surface area (Å²) in [5.74, 6) is -0.654. The molecule has 2 N–H and O–H groups in total. The average molecular weight is 319 g/mol. The molecule has 0 radical (unpaired) electrons. The summed E-state index contributed by atoms with van der Waals surface area (Å²) in [5.41, 5.74) is 2.97. The Morgan fingerprint density at radius 1 is 1.19 bits per heavy atom. The highest BCUT2D eigenvalue weighted by Crippen LogP contribution is 2.41. The fourth-order valence-electron chi connectivity index (χ4n) is 2.94. The Kier molecular flexibility index (Phi) is 2.80. The second kappa shape index (κ2) is 4.58. The van der Waals surface area contributed by atoms with Gasteiger partial charge in [-0.15, -0.1) is 11.3 Å². The standard InChI is InChI=1S/C15H11ClN2O2S/c16-13-6-10-11(3-4-12(10)21-13)17-7-1-2-8-9(5-7)15(20)18-14(8)19/h1-2,5-6,11,17H,3-4H2,(H,18,19,20). The number of halogens is 1. The summed E-state index contributed by atoms with van der Waals surface area (Å²) in [6.07, 6.45) is 2.04. The topological polar surface area (TPSA) is 58.2 Å². The smallest absolute Gasteiger partial charge is 0.259 e. The Labute approximate surface area is 130 Å². The SMILES string of the molecule is O=C1NC(=O)c2cc(NC3CCc4sc(Cl)cc43)ccc21. The summed E-state index contributed by atoms with van der Waals surface area (Å²) in [4.78, 5) is 24.5. The third-order valence-electron chi connectivity index (χ3n) is 3.92. The number of thiophene rings is 1. The molecule has 0 saturated carbocycles. The minimum Gasteiger partial charge on any atom is -0.378 e. The Morgan fingerprint density at radius 3 is 2.86 bits per heavy atom. The first kappa shape index (κ1) is 12.9. The van der Waals surface area contributed by atoms with E-state index in [-0.39, 0.29) is 17.9 Å². The van der Waals surface area contributed by atoms with Gasteiger partial charge in [-0.3, -0.25) is 14.9 Å². The van der Waals surface area contributed by atoms with Gasteiger partial charge in [0.05, 0.1) is 21.5 Å². The van der Waals surface area contributed by atoms with Gasteiger partial charge < -0.3 is 5.32 Å². The number of hydrogen-bond acceptors (Lipinski definition) is 4. The molecule has 0 saturated heterocycles. The van der Waals surface area contributed by atoms with E-state index in [1.54, 1.807) is 23.5 Å². The lowest BCUT2D eigenvalue weighted by atomic mass is 10.1. The number of fused-ring (bicyclic) bond motifs is 2. The van der Waals surface area contributed by atoms with Crippen molar-refractivity contribution in [2.45, 2.75) is 18.9 Å². The van der Waals surface area contributed by atoms with Crippen LogP contribution in [-0.2, 0) is 6.42 Å². The maximum Gasteiger partial charge on any atom is 0.259 e. The summed E-state index contributed by atoms with van der Waals surface area (Å²) in [7, 11) is 0. The highest BCUT2D eigenvalue weighted by Gasteiger charge is 2.28. The minimum absolute atomic E-state index is 0.210. The van der Waals surface area contributed by atoms with Crippen LogP contribution in [0.2, 0.25) is 4.34 Å². The molecule has 0 fully saturated rings. The van der Waals surface area contributed by atoms with Crippen molar-refractivity contribution in [2.75, 3.05) is 5.32 Å². The molecule has 106 valence electrons. The maximum atomic E-state index is 11.7. The van der Waals surface area contributed by atoms with Crippen molar-refractivity contribution in [3.63, 3.8) is 0 Å². The molecule has 0 spiro atoms. The molecule has 4 rings (SSSR count). The molecule has 2 aliphatic rings. The third kappa shape index (κ3) is 2.04. The molecular weight excluding hydrogens is 308 g/mol. The van der Waals surface area contributed by atoms with Crippen molar-refractivity contribution >= 4 is 40.4 Å². The summed E-state index contributed by atoms with van der Waals surface area (Å²) < 4.78 is 0.811. The van der Waals surface area contributed by atoms with Crippen molar-refractivity contribution < 1.29 is 9.59 Å². The van der Waals surface area contributed by atoms with Crippen LogP contribution in [0.5, 0.6) is 0 Å². The summed E-state index contributed by atoms with van der Waals surface area (Å²) in [6, 6.07) is 7.48. The quantitative estimate of drug-likeness (QED) is 0.835. The van der Waals surface area contributed by atoms with E-state index < -0.39 is 0 Å². The summed E-state index contributed by atoms with van der Waals surface area (Å²) >= 11 is 7.69. The number of benzene rings is 1. The van der Waals surface area contributed by atoms with Crippen molar-refractivity contribution in [3.8, 4) is 0 Å². The van der Waals surface area contributed by atoms with Gasteiger partial charge in [-0.2, -0.15) is 0 Å². The van der Waals surface area contributed by atoms with Gasteiger partial charge in [0.1, 0.15) is 0 Å². The number of nitrogens with one attached hydrogen (secondary N) is 2. The van der Waals surface area contributed by atoms with E-state index in [2.05, 4.69) is 10.6 Å². The van der Waals surface area contributed by atoms with Gasteiger partial charge in [0.2, 0.25) is 0 Å². The van der Waals surface area contributed by atoms with Gasteiger partial charge in [0.25, 0.3) is 11.8 Å². The molecule has 4 nitrogen and oxygen atoms in total. The highest BCUT2D eigenvalue weighted by molar-refractivity contribution is 7.16. The van der Waals surface area contributed by atoms with Gasteiger partial charge in [-0.05, 0) is 42.7 Å². The lowest BCUT2D eigenvalue weighted by Crippen LogP contribution is -2.19. The van der Waals surface area contributed by atoms with E-state index in [1.165, 1.54) is 10.4 Å². The number of rotatable bonds is 2. The monoisotopic (exact) mass is 318 g/mol. The lowest BCUT2D eigenvalue weighted by molar-refractivity contribution is 0.0879. The van der Waals surface area contributed by atoms with Crippen LogP contribution < -0.4 is 10.6 Å². The Bertz CT molecular complexity index is 784. The van der Waals surface area contributed by atoms with Crippen LogP contribution in [0.25, 0.3) is 0 Å². The molecule has 21 heavy (non-hydrogen) atoms. The van der Waals surface area contributed by atoms with E-state index in [0.29, 0.717) is 11.1 Å². The highest BCUT2D eigenvalue weighted by atomic mass is 35.5. The number of imide groups is 1. The van der Waals surface area contributed by atoms with E-state index in [9.17, 15) is 9.59 Å². The third-order valence-corrected chi connectivity index (χ3v) is 5.26. The lowest BCUT2D eigenvalue weighted by Gasteiger charge is -2.15. The molecular formula is C15H11ClN2O2S. The zero-order valence-electron chi connectivity index (χ0n) is 10.9. The van der Waals surface area contributed by atoms with Crippen LogP contribution in [0.15, 0.2) is 24.3 Å². The number of aryl methyl sites for hydroxylation is 1. The van der Waals surface area contributed by atoms with Crippen molar-refractivity contribution in [1.82, 2.24) is 5.32 Å². The van der Waals surface area contributed by atoms with Crippen molar-refractivity contribution in [3.05, 3.63) is 50.2 Å². The van der Waals surface area contributed by atoms with Crippen molar-refractivity contribution in [1.29, 1.82) is 0 Å². The van der Waals surface area contributed by atoms with Gasteiger partial charge in [-0.1, -0.05) is 11.6 Å². The van der Waals surface area contributed by atoms with Crippen LogP contribution in [0.3, 0.4) is 0 Å². The van der Waals surface area contributed by atoms with Crippen LogP contribution in [0.1, 0.15) is 43.6 Å². The number of carbonyl (C=O) groups excluding carboxylic acids is 2. The molecule has 1 aromatic carbocycles. The fourth-order valence-corrected chi connectivity index (χ4v) is 4.30. The fraction of sp³-hybridized carbons (Fsp3) is 0.200. The number of anilines is 1. The van der Waals surface area contributed by atoms with Gasteiger partial charge in [0.15, 0.2) is 0 Å². The molecule has 6 heteroatoms. The minimum atomic E-state index is -0.329. The van der Waals surface area contributed by atoms with E-state index >= 15 is 0 Å². The molecule has 0 bridgehead atoms. The first-order chi connectivity index (χ1) is 10.1. The van der Waals surface area contributed by atoms with Gasteiger partial charge in [0, 0.05) is 10.6 Å². The normalized spacial score (nSPS) is 19.4. The maximum absolute atomic E-state index is 11.7. The molecule has 1 aromatic heterocycles. The Morgan fingerprint density at radius 2 is 2.00 bits per heavy atom. The molecule has 2 aromatic rings. The summed E-state index contributed by atoms with van der Waals surface area (Å²) in [5, 5.41) is 5.73. The first-order valence-electron chi connectivity index (χ1n) is 6.66. The summed E-state index contributed by atoms with van der Waals surface area (Å²) in [6.45, 7) is 0. The van der Waals surface area contributed by atoms with Crippen LogP contribution in [-0.4, -0.2) is 11.8 Å². The Balaban J connectivity index is 1.63. The molecule has 1 atom stereocenters. The van der Waals surface area contributed by atoms with E-state index in [0.717, 1.165) is 22.9 Å². The first-order valence-corrected chi connectivity index (χ1v) is 7.85. The Hall–Kier alpha value is -1.85. The van der Waals surface area contributed by atoms with Crippen LogP contribution in [0.4, 0.5) is 5.69 Å². The molecule has 1 unspecified atom stereocenters. The molecule has 1 aliphatic heterocycles. The van der Waals surface area contributed by atoms with Crippen LogP contribution in [0, 0.1) is 0 Å². The predicted molar refractivity (Wildman–Crippen MR) is 82.3 cm³/mol. The number of hydrogen-bond donors (Lipinski definition) is 2. The second-order valence-electron chi connectivity index (χ2n) is 5.21. The van der Waals surface area contributed by atoms with Gasteiger partial charge in [-0.25, -0.2) is 0 Å². The molecule has 1 aliphatic carbocycles. The number of amides is 2. The molecule has 2 heterocycles. The van der Waals surface area contributed by atoms with E-state index in [4.69, 9.17) is 11.6 Å². The predicted octanol–water partition coefficient (Wildman–Crippen LogP) is 3.38. The zero-order valence-corrected chi connectivity index (χ0v) is 12.5. The molecule has 2 amide bonds. The largest absolute Gasteiger partial charge is 0.378 e. The second-order valence-corrected chi connectivity index (χ2v) is 6.98. The van der Waals surface area contributed by atoms with Crippen LogP contribution >= 0.6 is 22.9 Å². The zero-order chi connectivity index (χ0) is 14.6.